The van der Waals surface area contributed by atoms with E-state index in [9.17, 15) is 23.7 Å². The fourth-order valence-corrected chi connectivity index (χ4v) is 2.89. The number of hydrogen-bond donors (Lipinski definition) is 0. The highest BCUT2D eigenvalue weighted by Crippen LogP contribution is 2.40. The third-order valence-corrected chi connectivity index (χ3v) is 4.03. The summed E-state index contributed by atoms with van der Waals surface area (Å²) in [5, 5.41) is 6.94. The molecule has 1 fully saturated rings. The lowest BCUT2D eigenvalue weighted by molar-refractivity contribution is -0.135. The summed E-state index contributed by atoms with van der Waals surface area (Å²) in [4.78, 5) is 49.0. The molecule has 1 aromatic carbocycles. The van der Waals surface area contributed by atoms with Gasteiger partial charge in [-0.15, -0.1) is 15.1 Å². The summed E-state index contributed by atoms with van der Waals surface area (Å²) in [6.07, 6.45) is -0.665. The number of halogens is 1. The molecule has 1 unspecified atom stereocenters. The predicted molar refractivity (Wildman–Crippen MR) is 82.6 cm³/mol. The van der Waals surface area contributed by atoms with Crippen molar-refractivity contribution in [2.24, 2.45) is 10.4 Å². The standard InChI is InChI=1S/C15H13FN4O5/c1-2-25-13(22)11-7-15(20(17-11)18-24)8-12(21)19(14(15)23)10-5-3-9(16)4-6-10/h3-6H,2,7-8H2,1H3. The fraction of sp³-hybridized carbons (Fsp3) is 0.333. The largest absolute Gasteiger partial charge is 0.461 e. The number of benzene rings is 1. The maximum absolute atomic E-state index is 13.1. The second-order valence-electron chi connectivity index (χ2n) is 5.53. The van der Waals surface area contributed by atoms with Crippen molar-refractivity contribution in [1.29, 1.82) is 0 Å². The zero-order valence-corrected chi connectivity index (χ0v) is 13.1. The van der Waals surface area contributed by atoms with Crippen LogP contribution in [-0.2, 0) is 19.1 Å². The number of rotatable bonds is 4. The van der Waals surface area contributed by atoms with Crippen LogP contribution in [0.2, 0.25) is 0 Å². The van der Waals surface area contributed by atoms with Crippen LogP contribution in [-0.4, -0.2) is 40.8 Å². The molecule has 1 saturated heterocycles. The summed E-state index contributed by atoms with van der Waals surface area (Å²) in [5.41, 5.74) is -1.71. The van der Waals surface area contributed by atoms with E-state index in [4.69, 9.17) is 4.74 Å². The van der Waals surface area contributed by atoms with Gasteiger partial charge in [0.05, 0.1) is 24.0 Å². The van der Waals surface area contributed by atoms with Crippen molar-refractivity contribution in [3.8, 4) is 0 Å². The Morgan fingerprint density at radius 3 is 2.60 bits per heavy atom. The van der Waals surface area contributed by atoms with Crippen LogP contribution in [0.15, 0.2) is 34.7 Å². The van der Waals surface area contributed by atoms with Crippen molar-refractivity contribution in [3.63, 3.8) is 0 Å². The van der Waals surface area contributed by atoms with Crippen LogP contribution < -0.4 is 4.90 Å². The maximum atomic E-state index is 13.1. The van der Waals surface area contributed by atoms with Crippen molar-refractivity contribution in [2.45, 2.75) is 25.3 Å². The van der Waals surface area contributed by atoms with Gasteiger partial charge >= 0.3 is 5.97 Å². The lowest BCUT2D eigenvalue weighted by Gasteiger charge is -2.24. The Bertz CT molecular complexity index is 794. The van der Waals surface area contributed by atoms with Gasteiger partial charge in [-0.05, 0) is 31.2 Å². The molecule has 3 rings (SSSR count). The van der Waals surface area contributed by atoms with E-state index in [1.807, 2.05) is 0 Å². The van der Waals surface area contributed by atoms with Crippen LogP contribution in [0.25, 0.3) is 0 Å². The van der Waals surface area contributed by atoms with Crippen LogP contribution in [0.5, 0.6) is 0 Å². The van der Waals surface area contributed by atoms with Gasteiger partial charge in [0.15, 0.2) is 11.3 Å². The second kappa shape index (κ2) is 6.04. The zero-order valence-electron chi connectivity index (χ0n) is 13.1. The molecule has 0 aliphatic carbocycles. The lowest BCUT2D eigenvalue weighted by atomic mass is 9.92. The van der Waals surface area contributed by atoms with Crippen molar-refractivity contribution in [2.75, 3.05) is 11.5 Å². The van der Waals surface area contributed by atoms with Crippen molar-refractivity contribution in [3.05, 3.63) is 35.0 Å². The average Bonchev–Trinajstić information content (AvgIpc) is 3.07. The van der Waals surface area contributed by atoms with Gasteiger partial charge in [-0.2, -0.15) is 0 Å². The molecular weight excluding hydrogens is 335 g/mol. The van der Waals surface area contributed by atoms with Gasteiger partial charge in [-0.1, -0.05) is 0 Å². The SMILES string of the molecule is CCOC(=O)C1=NN(N=O)C2(CC(=O)N(c3ccc(F)cc3)C2=O)C1. The van der Waals surface area contributed by atoms with E-state index in [1.54, 1.807) is 6.92 Å². The minimum absolute atomic E-state index is 0.0912. The summed E-state index contributed by atoms with van der Waals surface area (Å²) in [7, 11) is 0. The van der Waals surface area contributed by atoms with Gasteiger partial charge in [-0.3, -0.25) is 9.59 Å². The third-order valence-electron chi connectivity index (χ3n) is 4.03. The molecule has 0 saturated carbocycles. The monoisotopic (exact) mass is 348 g/mol. The van der Waals surface area contributed by atoms with Gasteiger partial charge in [-0.25, -0.2) is 14.1 Å². The first kappa shape index (κ1) is 16.7. The first-order chi connectivity index (χ1) is 11.9. The molecule has 2 aliphatic heterocycles. The van der Waals surface area contributed by atoms with Gasteiger partial charge in [0.2, 0.25) is 5.91 Å². The minimum Gasteiger partial charge on any atom is -0.461 e. The van der Waals surface area contributed by atoms with Gasteiger partial charge in [0.1, 0.15) is 5.82 Å². The molecule has 10 heteroatoms. The highest BCUT2D eigenvalue weighted by Gasteiger charge is 2.61. The Hall–Kier alpha value is -3.17. The number of hydrazone groups is 1. The summed E-state index contributed by atoms with van der Waals surface area (Å²) in [6.45, 7) is 1.69. The maximum Gasteiger partial charge on any atom is 0.354 e. The topological polar surface area (TPSA) is 109 Å². The van der Waals surface area contributed by atoms with Crippen LogP contribution >= 0.6 is 0 Å². The van der Waals surface area contributed by atoms with E-state index >= 15 is 0 Å². The van der Waals surface area contributed by atoms with E-state index in [0.717, 1.165) is 17.0 Å². The number of amides is 2. The summed E-state index contributed by atoms with van der Waals surface area (Å²) >= 11 is 0. The third kappa shape index (κ3) is 2.55. The number of anilines is 1. The number of carbonyl (C=O) groups is 3. The van der Waals surface area contributed by atoms with E-state index in [-0.39, 0.29) is 30.8 Å². The summed E-state index contributed by atoms with van der Waals surface area (Å²) < 4.78 is 17.9. The Kier molecular flexibility index (Phi) is 4.03. The smallest absolute Gasteiger partial charge is 0.354 e. The normalized spacial score (nSPS) is 22.6. The molecule has 0 aromatic heterocycles. The highest BCUT2D eigenvalue weighted by molar-refractivity contribution is 6.39. The van der Waals surface area contributed by atoms with E-state index in [0.29, 0.717) is 5.12 Å². The quantitative estimate of drug-likeness (QED) is 0.458. The van der Waals surface area contributed by atoms with Crippen LogP contribution in [0.4, 0.5) is 10.1 Å². The molecule has 1 aromatic rings. The molecule has 1 atom stereocenters. The Labute approximate surface area is 141 Å². The van der Waals surface area contributed by atoms with Crippen LogP contribution in [0.1, 0.15) is 19.8 Å². The van der Waals surface area contributed by atoms with Crippen LogP contribution in [0.3, 0.4) is 0 Å². The number of esters is 1. The lowest BCUT2D eigenvalue weighted by Crippen LogP contribution is -2.48. The molecule has 2 aliphatic rings. The number of imide groups is 1. The molecule has 2 amide bonds. The van der Waals surface area contributed by atoms with E-state index in [1.165, 1.54) is 12.1 Å². The molecule has 0 radical (unpaired) electrons. The van der Waals surface area contributed by atoms with Crippen LogP contribution in [0, 0.1) is 10.7 Å². The molecule has 0 N–H and O–H groups in total. The van der Waals surface area contributed by atoms with Gasteiger partial charge < -0.3 is 4.74 Å². The highest BCUT2D eigenvalue weighted by atomic mass is 19.1. The number of nitrogens with zero attached hydrogens (tertiary/aromatic N) is 4. The molecule has 130 valence electrons. The van der Waals surface area contributed by atoms with Crippen molar-refractivity contribution < 1.29 is 23.5 Å². The van der Waals surface area contributed by atoms with Gasteiger partial charge in [0, 0.05) is 6.42 Å². The zero-order chi connectivity index (χ0) is 18.2. The molecule has 0 bridgehead atoms. The summed E-state index contributed by atoms with van der Waals surface area (Å²) in [5.74, 6) is -2.67. The van der Waals surface area contributed by atoms with E-state index in [2.05, 4.69) is 10.4 Å². The molecule has 2 heterocycles. The number of ether oxygens (including phenoxy) is 1. The Balaban J connectivity index is 1.94. The Morgan fingerprint density at radius 1 is 1.32 bits per heavy atom. The number of hydrogen-bond acceptors (Lipinski definition) is 7. The molecule has 9 nitrogen and oxygen atoms in total. The summed E-state index contributed by atoms with van der Waals surface area (Å²) in [6, 6.07) is 4.74. The first-order valence-corrected chi connectivity index (χ1v) is 7.44. The average molecular weight is 348 g/mol. The predicted octanol–water partition coefficient (Wildman–Crippen LogP) is 1.13. The minimum atomic E-state index is -1.70. The Morgan fingerprint density at radius 2 is 2.00 bits per heavy atom. The molecular formula is C15H13FN4O5. The van der Waals surface area contributed by atoms with E-state index < -0.39 is 29.1 Å². The van der Waals surface area contributed by atoms with Gasteiger partial charge in [0.25, 0.3) is 5.91 Å². The van der Waals surface area contributed by atoms with Crippen molar-refractivity contribution >= 4 is 29.2 Å². The molecule has 1 spiro atoms. The number of nitroso groups, excluding NO2 is 1. The fourth-order valence-electron chi connectivity index (χ4n) is 2.89. The van der Waals surface area contributed by atoms with Crippen molar-refractivity contribution in [1.82, 2.24) is 5.12 Å². The first-order valence-electron chi connectivity index (χ1n) is 7.44. The second-order valence-corrected chi connectivity index (χ2v) is 5.53. The molecule has 25 heavy (non-hydrogen) atoms. The number of carbonyl (C=O) groups excluding carboxylic acids is 3.